The largest absolute Gasteiger partial charge is 0.333 e. The molecule has 1 radical (unpaired) electrons. The summed E-state index contributed by atoms with van der Waals surface area (Å²) >= 11 is 1.71. The molecule has 0 atom stereocenters. The third kappa shape index (κ3) is 9.13. The Balaban J connectivity index is 0.000000285. The number of hydrogen-bond acceptors (Lipinski definition) is 3. The number of thiophene rings is 1. The molecule has 7 heteroatoms. The second-order valence-corrected chi connectivity index (χ2v) is 24.3. The third-order valence-corrected chi connectivity index (χ3v) is 15.8. The Morgan fingerprint density at radius 3 is 1.90 bits per heavy atom. The smallest absolute Gasteiger partial charge is 0.131 e. The van der Waals surface area contributed by atoms with Gasteiger partial charge in [-0.25, -0.2) is 4.39 Å². The van der Waals surface area contributed by atoms with Crippen LogP contribution >= 0.6 is 11.3 Å². The van der Waals surface area contributed by atoms with Gasteiger partial charge in [-0.05, 0) is 79.6 Å². The van der Waals surface area contributed by atoms with Gasteiger partial charge in [-0.15, -0.1) is 48.0 Å². The summed E-state index contributed by atoms with van der Waals surface area (Å²) in [7, 11) is -1.23. The van der Waals surface area contributed by atoms with Gasteiger partial charge in [0, 0.05) is 47.8 Å². The first kappa shape index (κ1) is 46.4. The monoisotopic (exact) mass is 1120 g/mol. The van der Waals surface area contributed by atoms with Crippen LogP contribution in [0.3, 0.4) is 0 Å². The van der Waals surface area contributed by atoms with E-state index < -0.39 is 8.07 Å². The quantitative estimate of drug-likeness (QED) is 0.112. The van der Waals surface area contributed by atoms with E-state index >= 15 is 4.39 Å². The molecule has 3 nitrogen and oxygen atoms in total. The summed E-state index contributed by atoms with van der Waals surface area (Å²) in [5, 5.41) is 3.66. The Bertz CT molecular complexity index is 3760. The molecule has 341 valence electrons. The summed E-state index contributed by atoms with van der Waals surface area (Å²) in [4.78, 5) is 9.88. The molecule has 0 amide bonds. The number of benzene rings is 9. The fourth-order valence-electron chi connectivity index (χ4n) is 9.07. The zero-order valence-corrected chi connectivity index (χ0v) is 43.0. The molecule has 0 spiro atoms. The maximum Gasteiger partial charge on any atom is 0.131 e. The average Bonchev–Trinajstić information content (AvgIpc) is 3.98. The van der Waals surface area contributed by atoms with Gasteiger partial charge in [-0.3, -0.25) is 4.98 Å². The minimum absolute atomic E-state index is 0. The molecule has 9 aromatic carbocycles. The van der Waals surface area contributed by atoms with Gasteiger partial charge in [0.2, 0.25) is 0 Å². The van der Waals surface area contributed by atoms with Crippen LogP contribution in [-0.4, -0.2) is 22.6 Å². The van der Waals surface area contributed by atoms with Crippen LogP contribution in [0.2, 0.25) is 19.6 Å². The molecule has 0 aliphatic carbocycles. The van der Waals surface area contributed by atoms with Crippen LogP contribution in [0.25, 0.3) is 104 Å². The Morgan fingerprint density at radius 1 is 0.557 bits per heavy atom. The molecule has 0 unspecified atom stereocenters. The average molecular weight is 1120 g/mol. The van der Waals surface area contributed by atoms with E-state index in [2.05, 4.69) is 193 Å². The van der Waals surface area contributed by atoms with Crippen LogP contribution in [0.1, 0.15) is 0 Å². The maximum atomic E-state index is 15.0. The molecule has 3 aromatic heterocycles. The molecule has 0 aliphatic heterocycles. The SMILES string of the molecule is C[Si](C)(C)c1ccc(-c2[c-]cccc2)nc1.Fc1ccccc1-c1ccc2c(c1)sc1c(-c3nc4ccccc4n3-c3ccc(-c4ccccc4)cc3-c3ccccc3)[c-]cc(-c3ccccc3)c12.[Ir]. The van der Waals surface area contributed by atoms with Crippen molar-refractivity contribution in [1.29, 1.82) is 0 Å². The van der Waals surface area contributed by atoms with E-state index in [1.165, 1.54) is 16.8 Å². The van der Waals surface area contributed by atoms with Crippen molar-refractivity contribution in [1.82, 2.24) is 14.5 Å². The van der Waals surface area contributed by atoms with Gasteiger partial charge in [-0.2, -0.15) is 11.3 Å². The van der Waals surface area contributed by atoms with Crippen LogP contribution in [0.4, 0.5) is 4.39 Å². The van der Waals surface area contributed by atoms with Crippen molar-refractivity contribution in [2.75, 3.05) is 0 Å². The van der Waals surface area contributed by atoms with Gasteiger partial charge >= 0.3 is 0 Å². The van der Waals surface area contributed by atoms with Crippen molar-refractivity contribution in [2.24, 2.45) is 0 Å². The molecule has 12 rings (SSSR count). The molecule has 0 saturated carbocycles. The number of imidazole rings is 1. The molecule has 0 aliphatic rings. The van der Waals surface area contributed by atoms with E-state index in [1.54, 1.807) is 17.4 Å². The number of fused-ring (bicyclic) bond motifs is 4. The molecule has 70 heavy (non-hydrogen) atoms. The molecule has 0 fully saturated rings. The fraction of sp³-hybridized carbons (Fsp3) is 0.0476. The van der Waals surface area contributed by atoms with Gasteiger partial charge in [0.05, 0.1) is 24.9 Å². The summed E-state index contributed by atoms with van der Waals surface area (Å²) in [5.74, 6) is 0.592. The Labute approximate surface area is 427 Å². The maximum absolute atomic E-state index is 15.0. The van der Waals surface area contributed by atoms with Crippen molar-refractivity contribution < 1.29 is 24.5 Å². The summed E-state index contributed by atoms with van der Waals surface area (Å²) in [6.07, 6.45) is 2.02. The van der Waals surface area contributed by atoms with E-state index in [-0.39, 0.29) is 25.9 Å². The predicted molar refractivity (Wildman–Crippen MR) is 291 cm³/mol. The topological polar surface area (TPSA) is 30.7 Å². The molecule has 0 saturated heterocycles. The Morgan fingerprint density at radius 2 is 1.21 bits per heavy atom. The third-order valence-electron chi connectivity index (χ3n) is 12.6. The molecular weight excluding hydrogens is 1070 g/mol. The predicted octanol–water partition coefficient (Wildman–Crippen LogP) is 16.8. The second-order valence-electron chi connectivity index (χ2n) is 18.1. The van der Waals surface area contributed by atoms with Crippen LogP contribution in [0.15, 0.2) is 225 Å². The van der Waals surface area contributed by atoms with Gasteiger partial charge in [0.1, 0.15) is 5.82 Å². The van der Waals surface area contributed by atoms with Crippen molar-refractivity contribution in [3.05, 3.63) is 243 Å². The van der Waals surface area contributed by atoms with Crippen molar-refractivity contribution in [3.8, 4) is 72.8 Å². The zero-order valence-electron chi connectivity index (χ0n) is 38.8. The minimum atomic E-state index is -1.23. The first-order valence-electron chi connectivity index (χ1n) is 23.2. The van der Waals surface area contributed by atoms with Crippen LogP contribution in [-0.2, 0) is 20.1 Å². The van der Waals surface area contributed by atoms with E-state index in [9.17, 15) is 0 Å². The number of para-hydroxylation sites is 2. The van der Waals surface area contributed by atoms with E-state index in [0.717, 1.165) is 92.9 Å². The molecule has 0 N–H and O–H groups in total. The van der Waals surface area contributed by atoms with E-state index in [4.69, 9.17) is 4.98 Å². The number of rotatable bonds is 8. The first-order valence-corrected chi connectivity index (χ1v) is 27.5. The van der Waals surface area contributed by atoms with Gasteiger partial charge in [0.25, 0.3) is 0 Å². The first-order chi connectivity index (χ1) is 33.8. The van der Waals surface area contributed by atoms with Crippen molar-refractivity contribution in [3.63, 3.8) is 0 Å². The van der Waals surface area contributed by atoms with E-state index in [0.29, 0.717) is 5.56 Å². The molecule has 0 bridgehead atoms. The van der Waals surface area contributed by atoms with Crippen molar-refractivity contribution >= 4 is 55.8 Å². The van der Waals surface area contributed by atoms with Crippen LogP contribution in [0, 0.1) is 17.9 Å². The second kappa shape index (κ2) is 19.9. The molecule has 12 aromatic rings. The van der Waals surface area contributed by atoms with E-state index in [1.807, 2.05) is 60.8 Å². The van der Waals surface area contributed by atoms with Crippen LogP contribution in [0.5, 0.6) is 0 Å². The van der Waals surface area contributed by atoms with Crippen LogP contribution < -0.4 is 5.19 Å². The number of pyridine rings is 1. The zero-order chi connectivity index (χ0) is 46.9. The van der Waals surface area contributed by atoms with Gasteiger partial charge in [0.15, 0.2) is 0 Å². The summed E-state index contributed by atoms with van der Waals surface area (Å²) < 4.78 is 19.5. The summed E-state index contributed by atoms with van der Waals surface area (Å²) in [6, 6.07) is 81.2. The standard InChI is InChI=1S/C49H30FN2S.C14H16NSi.Ir/c50-42-21-11-10-20-37(42)36-24-26-39-46(31-36)53-48-40(28-27-38(47(39)48)33-16-6-2-7-17-33)49-51-43-22-12-13-23-45(43)52(49)44-29-25-35(32-14-4-1-5-15-32)30-41(44)34-18-8-3-9-19-34;1-16(2,3)13-9-10-14(15-11-13)12-7-5-4-6-8-12;/h1-27,29-31H;4-7,9-11H,1-3H3;/q2*-1;. The minimum Gasteiger partial charge on any atom is -0.333 e. The normalized spacial score (nSPS) is 11.3. The number of hydrogen-bond donors (Lipinski definition) is 0. The number of halogens is 1. The molecular formula is C63H46FIrN3SSi-2. The molecule has 3 heterocycles. The number of aromatic nitrogens is 3. The van der Waals surface area contributed by atoms with Gasteiger partial charge < -0.3 is 9.55 Å². The number of nitrogens with zero attached hydrogens (tertiary/aromatic N) is 3. The van der Waals surface area contributed by atoms with Gasteiger partial charge in [-0.1, -0.05) is 193 Å². The van der Waals surface area contributed by atoms with Crippen molar-refractivity contribution in [2.45, 2.75) is 19.6 Å². The summed E-state index contributed by atoms with van der Waals surface area (Å²) in [5.41, 5.74) is 14.2. The fourth-order valence-corrected chi connectivity index (χ4v) is 11.4. The Kier molecular flexibility index (Phi) is 13.2. The Hall–Kier alpha value is -7.38. The summed E-state index contributed by atoms with van der Waals surface area (Å²) in [6.45, 7) is 7.00.